The Morgan fingerprint density at radius 3 is 2.45 bits per heavy atom. The molecule has 2 aliphatic heterocycles. The molecule has 0 spiro atoms. The molecule has 6 nitrogen and oxygen atoms in total. The van der Waals surface area contributed by atoms with Gasteiger partial charge >= 0.3 is 0 Å². The van der Waals surface area contributed by atoms with Crippen LogP contribution in [0.25, 0.3) is 0 Å². The Kier molecular flexibility index (Phi) is 6.04. The molecule has 1 unspecified atom stereocenters. The number of para-hydroxylation sites is 2. The molecule has 2 aliphatic rings. The maximum atomic E-state index is 12.8. The van der Waals surface area contributed by atoms with Gasteiger partial charge in [0.1, 0.15) is 5.84 Å². The van der Waals surface area contributed by atoms with Gasteiger partial charge < -0.3 is 10.1 Å². The maximum Gasteiger partial charge on any atom is 0.239 e. The highest BCUT2D eigenvalue weighted by molar-refractivity contribution is 6.30. The van der Waals surface area contributed by atoms with E-state index in [1.807, 2.05) is 55.5 Å². The molecule has 2 aromatic rings. The lowest BCUT2D eigenvalue weighted by atomic mass is 9.93. The number of nitrogens with one attached hydrogen (secondary N) is 1. The van der Waals surface area contributed by atoms with Gasteiger partial charge in [-0.3, -0.25) is 14.7 Å². The van der Waals surface area contributed by atoms with Crippen LogP contribution in [0.2, 0.25) is 5.02 Å². The van der Waals surface area contributed by atoms with Crippen molar-refractivity contribution in [3.63, 3.8) is 0 Å². The molecule has 0 radical (unpaired) electrons. The van der Waals surface area contributed by atoms with Gasteiger partial charge in [-0.15, -0.1) is 0 Å². The predicted molar refractivity (Wildman–Crippen MR) is 116 cm³/mol. The van der Waals surface area contributed by atoms with Crippen molar-refractivity contribution in [2.24, 2.45) is 9.98 Å². The number of hydrogen-bond acceptors (Lipinski definition) is 5. The molecule has 1 saturated heterocycles. The summed E-state index contributed by atoms with van der Waals surface area (Å²) < 4.78 is 5.36. The third kappa shape index (κ3) is 4.72. The average Bonchev–Trinajstić information content (AvgIpc) is 2.85. The van der Waals surface area contributed by atoms with Crippen molar-refractivity contribution >= 4 is 40.4 Å². The lowest BCUT2D eigenvalue weighted by Gasteiger charge is -2.26. The monoisotopic (exact) mass is 410 g/mol. The van der Waals surface area contributed by atoms with Crippen LogP contribution in [0.1, 0.15) is 18.4 Å². The third-order valence-corrected chi connectivity index (χ3v) is 5.30. The largest absolute Gasteiger partial charge is 0.379 e. The zero-order chi connectivity index (χ0) is 20.2. The molecule has 2 aromatic carbocycles. The van der Waals surface area contributed by atoms with Crippen LogP contribution in [-0.2, 0) is 9.53 Å². The Morgan fingerprint density at radius 1 is 1.10 bits per heavy atom. The molecule has 1 amide bonds. The number of halogens is 1. The molecule has 1 N–H and O–H groups in total. The number of nitrogens with zero attached hydrogens (tertiary/aromatic N) is 3. The highest BCUT2D eigenvalue weighted by Gasteiger charge is 2.27. The molecule has 2 heterocycles. The fraction of sp³-hybridized carbons (Fsp3) is 0.318. The number of ether oxygens (including phenoxy) is 1. The van der Waals surface area contributed by atoms with Gasteiger partial charge in [0, 0.05) is 23.8 Å². The van der Waals surface area contributed by atoms with Crippen LogP contribution in [0.3, 0.4) is 0 Å². The molecule has 0 aromatic heterocycles. The van der Waals surface area contributed by atoms with E-state index in [9.17, 15) is 4.79 Å². The van der Waals surface area contributed by atoms with E-state index in [1.165, 1.54) is 0 Å². The molecule has 0 bridgehead atoms. The normalized spacial score (nSPS) is 19.6. The van der Waals surface area contributed by atoms with E-state index >= 15 is 0 Å². The van der Waals surface area contributed by atoms with Crippen molar-refractivity contribution in [2.45, 2.75) is 12.8 Å². The van der Waals surface area contributed by atoms with Gasteiger partial charge in [-0.2, -0.15) is 0 Å². The van der Waals surface area contributed by atoms with Crippen LogP contribution in [0.5, 0.6) is 0 Å². The van der Waals surface area contributed by atoms with E-state index < -0.39 is 0 Å². The second-order valence-corrected chi connectivity index (χ2v) is 7.60. The van der Waals surface area contributed by atoms with Crippen molar-refractivity contribution < 1.29 is 9.53 Å². The number of fused-ring (bicyclic) bond motifs is 1. The number of aliphatic imine (C=N–C) groups is 2. The van der Waals surface area contributed by atoms with E-state index in [4.69, 9.17) is 26.3 Å². The quantitative estimate of drug-likeness (QED) is 0.838. The van der Waals surface area contributed by atoms with Gasteiger partial charge in [0.05, 0.1) is 37.1 Å². The number of carbonyl (C=O) groups is 1. The Labute approximate surface area is 175 Å². The highest BCUT2D eigenvalue weighted by Crippen LogP contribution is 2.34. The third-order valence-electron chi connectivity index (χ3n) is 5.05. The second-order valence-electron chi connectivity index (χ2n) is 7.16. The van der Waals surface area contributed by atoms with Crippen molar-refractivity contribution in [2.75, 3.05) is 32.8 Å². The minimum atomic E-state index is -0.256. The van der Waals surface area contributed by atoms with Crippen LogP contribution in [0.4, 0.5) is 11.4 Å². The van der Waals surface area contributed by atoms with Crippen molar-refractivity contribution in [1.29, 1.82) is 0 Å². The van der Waals surface area contributed by atoms with Gasteiger partial charge in [-0.05, 0) is 36.8 Å². The van der Waals surface area contributed by atoms with Gasteiger partial charge in [-0.1, -0.05) is 35.9 Å². The summed E-state index contributed by atoms with van der Waals surface area (Å²) in [5.41, 5.74) is 3.38. The summed E-state index contributed by atoms with van der Waals surface area (Å²) in [4.78, 5) is 24.5. The zero-order valence-corrected chi connectivity index (χ0v) is 17.0. The Bertz CT molecular complexity index is 950. The number of carbonyl (C=O) groups excluding carboxylic acids is 1. The molecule has 1 atom stereocenters. The van der Waals surface area contributed by atoms with Crippen molar-refractivity contribution in [1.82, 2.24) is 10.2 Å². The number of amidine groups is 1. The van der Waals surface area contributed by atoms with Gasteiger partial charge in [0.15, 0.2) is 0 Å². The number of morpholine rings is 1. The fourth-order valence-corrected chi connectivity index (χ4v) is 3.73. The summed E-state index contributed by atoms with van der Waals surface area (Å²) >= 11 is 6.08. The standard InChI is InChI=1S/C22H23ClN4O2/c1-15-21(16-6-8-17(23)9-7-16)22(25-19-5-3-2-4-18(19)24-15)26-20(28)14-27-10-12-29-13-11-27/h2-9,21H,10-14H2,1H3,(H,25,26,28). The van der Waals surface area contributed by atoms with E-state index in [1.54, 1.807) is 0 Å². The van der Waals surface area contributed by atoms with Gasteiger partial charge in [0.25, 0.3) is 0 Å². The highest BCUT2D eigenvalue weighted by atomic mass is 35.5. The number of benzene rings is 2. The van der Waals surface area contributed by atoms with Crippen molar-refractivity contribution in [3.05, 3.63) is 59.1 Å². The lowest BCUT2D eigenvalue weighted by molar-refractivity contribution is -0.121. The minimum absolute atomic E-state index is 0.0863. The number of amides is 1. The van der Waals surface area contributed by atoms with Crippen LogP contribution < -0.4 is 5.32 Å². The van der Waals surface area contributed by atoms with E-state index in [2.05, 4.69) is 10.2 Å². The average molecular weight is 411 g/mol. The van der Waals surface area contributed by atoms with Crippen molar-refractivity contribution in [3.8, 4) is 0 Å². The van der Waals surface area contributed by atoms with Gasteiger partial charge in [-0.25, -0.2) is 4.99 Å². The Morgan fingerprint density at radius 2 is 1.76 bits per heavy atom. The summed E-state index contributed by atoms with van der Waals surface area (Å²) in [6.45, 7) is 5.09. The van der Waals surface area contributed by atoms with Gasteiger partial charge in [0.2, 0.25) is 5.91 Å². The maximum absolute atomic E-state index is 12.8. The summed E-state index contributed by atoms with van der Waals surface area (Å²) in [6, 6.07) is 15.3. The van der Waals surface area contributed by atoms with Crippen LogP contribution >= 0.6 is 11.6 Å². The smallest absolute Gasteiger partial charge is 0.239 e. The lowest BCUT2D eigenvalue weighted by Crippen LogP contribution is -2.46. The van der Waals surface area contributed by atoms with E-state index in [-0.39, 0.29) is 11.8 Å². The van der Waals surface area contributed by atoms with E-state index in [0.29, 0.717) is 30.6 Å². The second kappa shape index (κ2) is 8.86. The minimum Gasteiger partial charge on any atom is -0.379 e. The first-order valence-electron chi connectivity index (χ1n) is 9.68. The summed E-state index contributed by atoms with van der Waals surface area (Å²) in [5, 5.41) is 3.72. The zero-order valence-electron chi connectivity index (χ0n) is 16.3. The summed E-state index contributed by atoms with van der Waals surface area (Å²) in [6.07, 6.45) is 0. The molecular formula is C22H23ClN4O2. The molecule has 4 rings (SSSR count). The number of hydrogen-bond donors (Lipinski definition) is 1. The molecule has 1 fully saturated rings. The van der Waals surface area contributed by atoms with Crippen LogP contribution in [0, 0.1) is 0 Å². The Balaban J connectivity index is 1.66. The molecule has 0 saturated carbocycles. The first-order valence-corrected chi connectivity index (χ1v) is 10.1. The number of rotatable bonds is 3. The topological polar surface area (TPSA) is 66.3 Å². The van der Waals surface area contributed by atoms with Crippen LogP contribution in [-0.4, -0.2) is 55.2 Å². The molecular weight excluding hydrogens is 388 g/mol. The Hall–Kier alpha value is -2.54. The SMILES string of the molecule is CC1=Nc2ccccc2N=C(NC(=O)CN2CCOCC2)C1c1ccc(Cl)cc1. The molecule has 7 heteroatoms. The molecule has 0 aliphatic carbocycles. The molecule has 29 heavy (non-hydrogen) atoms. The summed E-state index contributed by atoms with van der Waals surface area (Å²) in [5.74, 6) is 0.238. The van der Waals surface area contributed by atoms with Crippen LogP contribution in [0.15, 0.2) is 58.5 Å². The first-order chi connectivity index (χ1) is 14.1. The summed E-state index contributed by atoms with van der Waals surface area (Å²) in [7, 11) is 0. The van der Waals surface area contributed by atoms with E-state index in [0.717, 1.165) is 35.7 Å². The predicted octanol–water partition coefficient (Wildman–Crippen LogP) is 3.71. The molecule has 150 valence electrons. The fourth-order valence-electron chi connectivity index (χ4n) is 3.60. The first kappa shape index (κ1) is 19.8.